The molecule has 0 fully saturated rings. The number of carbonyl (C=O) groups excluding carboxylic acids is 2. The summed E-state index contributed by atoms with van der Waals surface area (Å²) < 4.78 is 9.43. The zero-order valence-corrected chi connectivity index (χ0v) is 32.4. The average molecular weight is 829 g/mol. The number of benzene rings is 4. The largest absolute Gasteiger partial charge is 2.00 e. The molecule has 4 aromatic heterocycles. The van der Waals surface area contributed by atoms with Crippen molar-refractivity contribution in [1.29, 1.82) is 0 Å². The first kappa shape index (κ1) is 52.2. The third-order valence-corrected chi connectivity index (χ3v) is 7.34. The Morgan fingerprint density at radius 1 is 0.446 bits per heavy atom. The predicted molar refractivity (Wildman–Crippen MR) is 192 cm³/mol. The van der Waals surface area contributed by atoms with Crippen molar-refractivity contribution in [3.63, 3.8) is 0 Å². The van der Waals surface area contributed by atoms with Gasteiger partial charge in [0.05, 0.1) is 36.3 Å². The number of ether oxygens (including phenoxy) is 2. The van der Waals surface area contributed by atoms with Gasteiger partial charge in [0, 0.05) is 94.6 Å². The molecule has 0 bridgehead atoms. The first-order valence-electron chi connectivity index (χ1n) is 15.2. The van der Waals surface area contributed by atoms with E-state index >= 15 is 0 Å². The van der Waals surface area contributed by atoms with E-state index in [1.165, 1.54) is 50.6 Å². The van der Waals surface area contributed by atoms with Crippen LogP contribution in [0, 0.1) is 0 Å². The minimum absolute atomic E-state index is 0. The fraction of sp³-hybridized carbons (Fsp3) is 0.0500. The smallest absolute Gasteiger partial charge is 0.150 e. The topological polar surface area (TPSA) is 264 Å². The zero-order valence-electron chi connectivity index (χ0n) is 29.6. The molecule has 16 heteroatoms. The SMILES string of the molecule is COc1cc(C=O)ccc1[O-].COc1cc(C=O)ccc1[O-].[O-2].[O-2].[O-2].[O-2].[V].[V].c1cnc2c(c1)ccc1cccnc12.c1cnc2c(c1)ccc1cccnc12. The number of hydrogen-bond donors (Lipinski definition) is 0. The van der Waals surface area contributed by atoms with Gasteiger partial charge in [-0.2, -0.15) is 0 Å². The van der Waals surface area contributed by atoms with Crippen molar-refractivity contribution >= 4 is 56.2 Å². The second kappa shape index (κ2) is 26.0. The van der Waals surface area contributed by atoms with Gasteiger partial charge < -0.3 is 41.6 Å². The molecule has 2 radical (unpaired) electrons. The Morgan fingerprint density at radius 3 is 0.946 bits per heavy atom. The molecule has 0 saturated carbocycles. The molecular weight excluding hydrogens is 798 g/mol. The van der Waals surface area contributed by atoms with E-state index in [9.17, 15) is 19.8 Å². The fourth-order valence-corrected chi connectivity index (χ4v) is 4.87. The number of carbonyl (C=O) groups is 2. The van der Waals surface area contributed by atoms with Crippen LogP contribution in [0.5, 0.6) is 23.0 Å². The summed E-state index contributed by atoms with van der Waals surface area (Å²) in [6, 6.07) is 32.6. The van der Waals surface area contributed by atoms with Crippen molar-refractivity contribution in [2.24, 2.45) is 0 Å². The maximum absolute atomic E-state index is 10.9. The summed E-state index contributed by atoms with van der Waals surface area (Å²) in [5.41, 5.74) is 4.80. The average Bonchev–Trinajstić information content (AvgIpc) is 3.19. The van der Waals surface area contributed by atoms with Crippen LogP contribution < -0.4 is 19.7 Å². The van der Waals surface area contributed by atoms with Crippen LogP contribution in [0.1, 0.15) is 20.7 Å². The van der Waals surface area contributed by atoms with Crippen LogP contribution in [0.4, 0.5) is 0 Å². The van der Waals surface area contributed by atoms with Crippen molar-refractivity contribution in [2.45, 2.75) is 0 Å². The molecule has 0 spiro atoms. The molecule has 8 aromatic rings. The Hall–Kier alpha value is -5.93. The van der Waals surface area contributed by atoms with Crippen molar-refractivity contribution in [3.05, 3.63) is 145 Å². The van der Waals surface area contributed by atoms with Crippen molar-refractivity contribution in [1.82, 2.24) is 19.9 Å². The Bertz CT molecular complexity index is 2150. The Morgan fingerprint density at radius 2 is 0.714 bits per heavy atom. The van der Waals surface area contributed by atoms with Gasteiger partial charge in [-0.1, -0.05) is 84.3 Å². The monoisotopic (exact) mass is 828 g/mol. The molecule has 0 aliphatic rings. The number of nitrogens with zero attached hydrogens (tertiary/aromatic N) is 4. The van der Waals surface area contributed by atoms with E-state index in [4.69, 9.17) is 9.47 Å². The summed E-state index contributed by atoms with van der Waals surface area (Å²) in [5, 5.41) is 26.3. The molecular formula is C40H30N4O10V2-10. The molecule has 14 nitrogen and oxygen atoms in total. The number of methoxy groups -OCH3 is 2. The van der Waals surface area contributed by atoms with Gasteiger partial charge in [0.2, 0.25) is 0 Å². The normalized spacial score (nSPS) is 9.04. The molecule has 4 heterocycles. The number of pyridine rings is 4. The summed E-state index contributed by atoms with van der Waals surface area (Å²) in [5.74, 6) is -0.0135. The van der Waals surface area contributed by atoms with Gasteiger partial charge in [-0.15, -0.1) is 0 Å². The van der Waals surface area contributed by atoms with Crippen LogP contribution in [0.15, 0.2) is 134 Å². The van der Waals surface area contributed by atoms with Crippen molar-refractivity contribution in [2.75, 3.05) is 14.2 Å². The van der Waals surface area contributed by atoms with Gasteiger partial charge in [-0.3, -0.25) is 29.5 Å². The van der Waals surface area contributed by atoms with Gasteiger partial charge in [0.15, 0.2) is 0 Å². The van der Waals surface area contributed by atoms with Gasteiger partial charge in [-0.05, 0) is 36.4 Å². The van der Waals surface area contributed by atoms with Crippen LogP contribution in [-0.2, 0) is 59.0 Å². The van der Waals surface area contributed by atoms with E-state index in [-0.39, 0.29) is 82.0 Å². The molecule has 0 saturated heterocycles. The van der Waals surface area contributed by atoms with Crippen LogP contribution in [0.25, 0.3) is 43.6 Å². The molecule has 0 aliphatic heterocycles. The molecule has 4 aromatic carbocycles. The van der Waals surface area contributed by atoms with E-state index < -0.39 is 0 Å². The molecule has 0 unspecified atom stereocenters. The molecule has 0 aliphatic carbocycles. The van der Waals surface area contributed by atoms with Gasteiger partial charge >= 0.3 is 0 Å². The standard InChI is InChI=1S/2C12H8N2.2C8H8O3.4O.2V/c2*1-3-9-5-6-10-4-2-8-14-12(10)11(9)13-7-1;2*1-11-8-4-6(5-9)2-3-7(8)10;;;;;;/h2*1-8H;2*2-5,10H,1H3;;;;;;/q;;;;4*-2;;/p-2. The molecule has 290 valence electrons. The van der Waals surface area contributed by atoms with Crippen LogP contribution in [-0.4, -0.2) is 46.7 Å². The minimum atomic E-state index is -0.210. The van der Waals surface area contributed by atoms with Gasteiger partial charge in [0.25, 0.3) is 0 Å². The quantitative estimate of drug-likeness (QED) is 0.142. The molecule has 8 rings (SSSR count). The fourth-order valence-electron chi connectivity index (χ4n) is 4.87. The second-order valence-corrected chi connectivity index (χ2v) is 10.5. The Labute approximate surface area is 345 Å². The van der Waals surface area contributed by atoms with Crippen LogP contribution in [0.3, 0.4) is 0 Å². The maximum atomic E-state index is 10.9. The maximum Gasteiger partial charge on any atom is 0.150 e. The number of aldehydes is 2. The summed E-state index contributed by atoms with van der Waals surface area (Å²) >= 11 is 0. The molecule has 56 heavy (non-hydrogen) atoms. The van der Waals surface area contributed by atoms with E-state index in [1.54, 1.807) is 24.8 Å². The third kappa shape index (κ3) is 13.1. The van der Waals surface area contributed by atoms with E-state index in [1.807, 2.05) is 24.3 Å². The van der Waals surface area contributed by atoms with Crippen LogP contribution in [0.2, 0.25) is 0 Å². The second-order valence-electron chi connectivity index (χ2n) is 10.5. The summed E-state index contributed by atoms with van der Waals surface area (Å²) in [6.07, 6.45) is 8.55. The first-order valence-corrected chi connectivity index (χ1v) is 15.2. The van der Waals surface area contributed by atoms with E-state index in [0.717, 1.165) is 43.6 Å². The van der Waals surface area contributed by atoms with Crippen LogP contribution >= 0.6 is 0 Å². The first-order chi connectivity index (χ1) is 24.4. The Kier molecular flexibility index (Phi) is 24.2. The van der Waals surface area contributed by atoms with Crippen molar-refractivity contribution in [3.8, 4) is 23.0 Å². The minimum Gasteiger partial charge on any atom is -2.00 e. The number of rotatable bonds is 4. The molecule has 0 N–H and O–H groups in total. The number of aromatic nitrogens is 4. The summed E-state index contributed by atoms with van der Waals surface area (Å²) in [4.78, 5) is 37.8. The molecule has 0 amide bonds. The predicted octanol–water partition coefficient (Wildman–Crippen LogP) is 6.25. The van der Waals surface area contributed by atoms with Gasteiger partial charge in [0.1, 0.15) is 24.1 Å². The number of hydrogen-bond acceptors (Lipinski definition) is 10. The third-order valence-electron chi connectivity index (χ3n) is 7.34. The Balaban J connectivity index is 0. The zero-order chi connectivity index (χ0) is 35.3. The van der Waals surface area contributed by atoms with E-state index in [2.05, 4.69) is 68.5 Å². The van der Waals surface area contributed by atoms with Crippen molar-refractivity contribution < 1.29 is 88.3 Å². The number of fused-ring (bicyclic) bond motifs is 6. The molecule has 0 atom stereocenters. The van der Waals surface area contributed by atoms with E-state index in [0.29, 0.717) is 23.7 Å². The summed E-state index contributed by atoms with van der Waals surface area (Å²) in [7, 11) is 2.79. The summed E-state index contributed by atoms with van der Waals surface area (Å²) in [6.45, 7) is 0. The van der Waals surface area contributed by atoms with Gasteiger partial charge in [-0.25, -0.2) is 0 Å².